The van der Waals surface area contributed by atoms with E-state index in [1.807, 2.05) is 37.3 Å². The molecule has 0 fully saturated rings. The summed E-state index contributed by atoms with van der Waals surface area (Å²) in [4.78, 5) is 16.2. The molecule has 0 spiro atoms. The third-order valence-corrected chi connectivity index (χ3v) is 4.99. The number of carboxylic acids is 1. The predicted octanol–water partition coefficient (Wildman–Crippen LogP) is 4.48. The lowest BCUT2D eigenvalue weighted by Gasteiger charge is -2.29. The topological polar surface area (TPSA) is 55.1 Å². The molecule has 0 saturated carbocycles. The summed E-state index contributed by atoms with van der Waals surface area (Å²) in [5.41, 5.74) is 4.36. The normalized spacial score (nSPS) is 16.4. The van der Waals surface area contributed by atoms with Crippen LogP contribution in [0.1, 0.15) is 46.3 Å². The van der Waals surface area contributed by atoms with E-state index in [9.17, 15) is 9.90 Å². The third-order valence-electron chi connectivity index (χ3n) is 4.99. The van der Waals surface area contributed by atoms with Crippen LogP contribution < -0.4 is 0 Å². The average molecular weight is 332 g/mol. The molecule has 2 aromatic carbocycles. The van der Waals surface area contributed by atoms with Crippen molar-refractivity contribution in [2.24, 2.45) is 0 Å². The molecule has 0 unspecified atom stereocenters. The zero-order chi connectivity index (χ0) is 17.4. The number of aromatic carboxylic acids is 1. The fourth-order valence-electron chi connectivity index (χ4n) is 3.94. The first-order chi connectivity index (χ1) is 12.2. The van der Waals surface area contributed by atoms with Crippen LogP contribution in [0.2, 0.25) is 0 Å². The Morgan fingerprint density at radius 2 is 1.84 bits per heavy atom. The van der Waals surface area contributed by atoms with E-state index in [0.29, 0.717) is 5.69 Å². The van der Waals surface area contributed by atoms with Crippen LogP contribution in [0.5, 0.6) is 0 Å². The van der Waals surface area contributed by atoms with Gasteiger partial charge in [0.15, 0.2) is 5.69 Å². The van der Waals surface area contributed by atoms with Crippen molar-refractivity contribution in [2.45, 2.75) is 32.2 Å². The van der Waals surface area contributed by atoms with E-state index in [4.69, 9.17) is 0 Å². The molecule has 0 aliphatic heterocycles. The van der Waals surface area contributed by atoms with Crippen molar-refractivity contribution in [3.05, 3.63) is 77.2 Å². The minimum atomic E-state index is -0.982. The Morgan fingerprint density at radius 3 is 2.60 bits per heavy atom. The molecule has 4 nitrogen and oxygen atoms in total. The molecule has 4 heteroatoms. The summed E-state index contributed by atoms with van der Waals surface area (Å²) >= 11 is 0. The Hall–Kier alpha value is -2.88. The minimum Gasteiger partial charge on any atom is -0.476 e. The van der Waals surface area contributed by atoms with Gasteiger partial charge in [-0.1, -0.05) is 54.6 Å². The number of aromatic nitrogens is 2. The second-order valence-corrected chi connectivity index (χ2v) is 6.50. The molecule has 0 bridgehead atoms. The standard InChI is InChI=1S/C21H20N2O2/c1-14-22-19(21(24)25)20(16-9-3-2-4-10-16)23(14)18-13-7-11-15-8-5-6-12-17(15)18/h2-6,8-10,12,18H,7,11,13H2,1H3,(H,24,25)/t18-/m1/s1. The van der Waals surface area contributed by atoms with Crippen LogP contribution in [0.25, 0.3) is 11.3 Å². The Kier molecular flexibility index (Phi) is 3.88. The Morgan fingerprint density at radius 1 is 1.12 bits per heavy atom. The van der Waals surface area contributed by atoms with Crippen LogP contribution in [0.3, 0.4) is 0 Å². The number of aryl methyl sites for hydroxylation is 2. The van der Waals surface area contributed by atoms with Crippen LogP contribution in [0, 0.1) is 6.92 Å². The first-order valence-electron chi connectivity index (χ1n) is 8.62. The first-order valence-corrected chi connectivity index (χ1v) is 8.62. The van der Waals surface area contributed by atoms with Gasteiger partial charge in [0.25, 0.3) is 0 Å². The highest BCUT2D eigenvalue weighted by Gasteiger charge is 2.29. The second kappa shape index (κ2) is 6.20. The van der Waals surface area contributed by atoms with Gasteiger partial charge in [0.2, 0.25) is 0 Å². The Bertz CT molecular complexity index is 928. The summed E-state index contributed by atoms with van der Waals surface area (Å²) in [6.45, 7) is 1.90. The van der Waals surface area contributed by atoms with E-state index in [0.717, 1.165) is 30.7 Å². The predicted molar refractivity (Wildman–Crippen MR) is 96.9 cm³/mol. The molecule has 0 amide bonds. The molecule has 3 aromatic rings. The quantitative estimate of drug-likeness (QED) is 0.769. The number of rotatable bonds is 3. The van der Waals surface area contributed by atoms with Gasteiger partial charge in [0, 0.05) is 5.56 Å². The monoisotopic (exact) mass is 332 g/mol. The maximum atomic E-state index is 11.8. The van der Waals surface area contributed by atoms with Crippen LogP contribution in [-0.2, 0) is 6.42 Å². The van der Waals surface area contributed by atoms with Crippen LogP contribution in [0.4, 0.5) is 0 Å². The van der Waals surface area contributed by atoms with Gasteiger partial charge in [0.1, 0.15) is 5.82 Å². The van der Waals surface area contributed by atoms with Gasteiger partial charge in [-0.15, -0.1) is 0 Å². The third kappa shape index (κ3) is 2.64. The van der Waals surface area contributed by atoms with Crippen molar-refractivity contribution in [2.75, 3.05) is 0 Å². The Balaban J connectivity index is 1.96. The molecular weight excluding hydrogens is 312 g/mol. The maximum absolute atomic E-state index is 11.8. The largest absolute Gasteiger partial charge is 0.476 e. The minimum absolute atomic E-state index is 0.126. The van der Waals surface area contributed by atoms with Crippen molar-refractivity contribution in [3.8, 4) is 11.3 Å². The average Bonchev–Trinajstić information content (AvgIpc) is 2.99. The molecule has 126 valence electrons. The van der Waals surface area contributed by atoms with E-state index in [2.05, 4.69) is 33.8 Å². The molecule has 1 N–H and O–H groups in total. The van der Waals surface area contributed by atoms with Crippen molar-refractivity contribution in [1.82, 2.24) is 9.55 Å². The summed E-state index contributed by atoms with van der Waals surface area (Å²) in [6, 6.07) is 18.3. The molecule has 1 aliphatic carbocycles. The number of fused-ring (bicyclic) bond motifs is 1. The molecule has 1 aromatic heterocycles. The number of carboxylic acid groups (broad SMARTS) is 1. The van der Waals surface area contributed by atoms with Gasteiger partial charge in [-0.3, -0.25) is 0 Å². The fourth-order valence-corrected chi connectivity index (χ4v) is 3.94. The molecule has 1 heterocycles. The van der Waals surface area contributed by atoms with Crippen molar-refractivity contribution in [3.63, 3.8) is 0 Å². The summed E-state index contributed by atoms with van der Waals surface area (Å²) in [7, 11) is 0. The number of carbonyl (C=O) groups is 1. The second-order valence-electron chi connectivity index (χ2n) is 6.50. The van der Waals surface area contributed by atoms with Gasteiger partial charge < -0.3 is 9.67 Å². The zero-order valence-corrected chi connectivity index (χ0v) is 14.1. The molecule has 0 radical (unpaired) electrons. The highest BCUT2D eigenvalue weighted by Crippen LogP contribution is 2.38. The van der Waals surface area contributed by atoms with Crippen molar-refractivity contribution in [1.29, 1.82) is 0 Å². The van der Waals surface area contributed by atoms with Gasteiger partial charge in [0.05, 0.1) is 11.7 Å². The zero-order valence-electron chi connectivity index (χ0n) is 14.1. The van der Waals surface area contributed by atoms with Gasteiger partial charge in [-0.25, -0.2) is 9.78 Å². The van der Waals surface area contributed by atoms with Gasteiger partial charge >= 0.3 is 5.97 Å². The number of benzene rings is 2. The fraction of sp³-hybridized carbons (Fsp3) is 0.238. The molecule has 25 heavy (non-hydrogen) atoms. The van der Waals surface area contributed by atoms with Gasteiger partial charge in [-0.05, 0) is 37.3 Å². The van der Waals surface area contributed by atoms with Crippen LogP contribution in [-0.4, -0.2) is 20.6 Å². The highest BCUT2D eigenvalue weighted by molar-refractivity contribution is 5.93. The summed E-state index contributed by atoms with van der Waals surface area (Å²) in [6.07, 6.45) is 3.16. The SMILES string of the molecule is Cc1nc(C(=O)O)c(-c2ccccc2)n1[C@@H]1CCCc2ccccc21. The molecule has 1 atom stereocenters. The highest BCUT2D eigenvalue weighted by atomic mass is 16.4. The van der Waals surface area contributed by atoms with Crippen molar-refractivity contribution >= 4 is 5.97 Å². The smallest absolute Gasteiger partial charge is 0.356 e. The van der Waals surface area contributed by atoms with E-state index < -0.39 is 5.97 Å². The van der Waals surface area contributed by atoms with Crippen molar-refractivity contribution < 1.29 is 9.90 Å². The van der Waals surface area contributed by atoms with Crippen LogP contribution in [0.15, 0.2) is 54.6 Å². The van der Waals surface area contributed by atoms with E-state index in [1.165, 1.54) is 11.1 Å². The first kappa shape index (κ1) is 15.6. The molecule has 0 saturated heterocycles. The number of hydrogen-bond acceptors (Lipinski definition) is 2. The van der Waals surface area contributed by atoms with E-state index in [-0.39, 0.29) is 11.7 Å². The summed E-state index contributed by atoms with van der Waals surface area (Å²) in [5, 5.41) is 9.68. The lowest BCUT2D eigenvalue weighted by molar-refractivity contribution is 0.0691. The number of hydrogen-bond donors (Lipinski definition) is 1. The number of imidazole rings is 1. The van der Waals surface area contributed by atoms with E-state index in [1.54, 1.807) is 0 Å². The van der Waals surface area contributed by atoms with Gasteiger partial charge in [-0.2, -0.15) is 0 Å². The van der Waals surface area contributed by atoms with E-state index >= 15 is 0 Å². The maximum Gasteiger partial charge on any atom is 0.356 e. The summed E-state index contributed by atoms with van der Waals surface area (Å²) < 4.78 is 2.12. The summed E-state index contributed by atoms with van der Waals surface area (Å²) in [5.74, 6) is -0.234. The van der Waals surface area contributed by atoms with Crippen LogP contribution >= 0.6 is 0 Å². The molecular formula is C21H20N2O2. The lowest BCUT2D eigenvalue weighted by Crippen LogP contribution is -2.19. The lowest BCUT2D eigenvalue weighted by atomic mass is 9.87. The molecule has 1 aliphatic rings. The Labute approximate surface area is 146 Å². The number of nitrogens with zero attached hydrogens (tertiary/aromatic N) is 2. The molecule has 4 rings (SSSR count).